The monoisotopic (exact) mass is 582 g/mol. The number of ether oxygens (including phenoxy) is 2. The zero-order chi connectivity index (χ0) is 30.4. The molecule has 6 rings (SSSR count). The van der Waals surface area contributed by atoms with Crippen LogP contribution >= 0.6 is 0 Å². The number of methoxy groups -OCH3 is 1. The molecule has 0 aliphatic carbocycles. The normalized spacial score (nSPS) is 25.5. The van der Waals surface area contributed by atoms with Crippen LogP contribution in [0.15, 0.2) is 72.8 Å². The fourth-order valence-electron chi connectivity index (χ4n) is 7.91. The number of fused-ring (bicyclic) bond motifs is 2. The van der Waals surface area contributed by atoms with Gasteiger partial charge in [0.15, 0.2) is 5.60 Å². The molecule has 43 heavy (non-hydrogen) atoms. The van der Waals surface area contributed by atoms with Crippen molar-refractivity contribution in [3.05, 3.63) is 89.5 Å². The lowest BCUT2D eigenvalue weighted by atomic mass is 9.63. The first-order valence-electron chi connectivity index (χ1n) is 15.5. The highest BCUT2D eigenvalue weighted by molar-refractivity contribution is 6.07. The number of benzene rings is 3. The summed E-state index contributed by atoms with van der Waals surface area (Å²) in [5.74, 6) is 0.661. The fraction of sp³-hybridized carbons (Fsp3) is 0.444. The number of hydrogen-bond acceptors (Lipinski definition) is 5. The maximum Gasteiger partial charge on any atom is 0.264 e. The second-order valence-electron chi connectivity index (χ2n) is 12.7. The minimum atomic E-state index is -1.16. The van der Waals surface area contributed by atoms with Crippen molar-refractivity contribution in [2.24, 2.45) is 11.8 Å². The van der Waals surface area contributed by atoms with Crippen LogP contribution < -0.4 is 14.5 Å². The molecule has 0 unspecified atom stereocenters. The summed E-state index contributed by atoms with van der Waals surface area (Å²) in [7, 11) is 1.66. The molecule has 7 nitrogen and oxygen atoms in total. The number of carbonyl (C=O) groups excluding carboxylic acids is 2. The molecular formula is C36H42N2O5. The standard InChI is InChI=1S/C36H42N2O5/c1-24-33(35(2,3)26-15-17-28(42-4)18-16-26)31(19-21-39)43-36(24)29-12-5-6-13-30(29)38(34(36)41)23-25-10-9-11-27(22-25)37-20-8-7-14-32(37)40/h5-6,9-13,15-18,22,24,31,33,39H,7-8,14,19-21,23H2,1-4H3/t24-,31+,33-,36+/m0/s1. The van der Waals surface area contributed by atoms with E-state index in [0.717, 1.165) is 53.2 Å². The lowest BCUT2D eigenvalue weighted by molar-refractivity contribution is -0.146. The predicted octanol–water partition coefficient (Wildman–Crippen LogP) is 5.97. The smallest absolute Gasteiger partial charge is 0.264 e. The van der Waals surface area contributed by atoms with Crippen molar-refractivity contribution < 1.29 is 24.2 Å². The van der Waals surface area contributed by atoms with Gasteiger partial charge in [0.2, 0.25) is 5.91 Å². The largest absolute Gasteiger partial charge is 0.497 e. The number of anilines is 2. The zero-order valence-corrected chi connectivity index (χ0v) is 25.6. The van der Waals surface area contributed by atoms with E-state index in [1.54, 1.807) is 7.11 Å². The molecule has 3 aliphatic heterocycles. The van der Waals surface area contributed by atoms with E-state index in [1.165, 1.54) is 0 Å². The van der Waals surface area contributed by atoms with Gasteiger partial charge in [-0.1, -0.05) is 63.2 Å². The van der Waals surface area contributed by atoms with Gasteiger partial charge in [0, 0.05) is 42.7 Å². The third-order valence-electron chi connectivity index (χ3n) is 10.0. The summed E-state index contributed by atoms with van der Waals surface area (Å²) in [4.78, 5) is 31.1. The summed E-state index contributed by atoms with van der Waals surface area (Å²) in [5.41, 5.74) is 3.19. The highest BCUT2D eigenvalue weighted by Crippen LogP contribution is 2.59. The molecule has 2 amide bonds. The number of hydrogen-bond donors (Lipinski definition) is 1. The number of nitrogens with zero attached hydrogens (tertiary/aromatic N) is 2. The molecule has 3 heterocycles. The van der Waals surface area contributed by atoms with Gasteiger partial charge in [-0.05, 0) is 66.1 Å². The van der Waals surface area contributed by atoms with Gasteiger partial charge in [0.1, 0.15) is 5.75 Å². The van der Waals surface area contributed by atoms with E-state index >= 15 is 0 Å². The molecule has 7 heteroatoms. The van der Waals surface area contributed by atoms with E-state index in [-0.39, 0.29) is 41.8 Å². The summed E-state index contributed by atoms with van der Waals surface area (Å²) in [6.07, 6.45) is 2.62. The van der Waals surface area contributed by atoms with Crippen LogP contribution in [0.5, 0.6) is 5.75 Å². The van der Waals surface area contributed by atoms with Gasteiger partial charge in [-0.15, -0.1) is 0 Å². The van der Waals surface area contributed by atoms with Gasteiger partial charge in [-0.3, -0.25) is 9.59 Å². The summed E-state index contributed by atoms with van der Waals surface area (Å²) < 4.78 is 12.3. The van der Waals surface area contributed by atoms with Crippen molar-refractivity contribution in [3.63, 3.8) is 0 Å². The molecule has 0 bridgehead atoms. The topological polar surface area (TPSA) is 79.3 Å². The Hall–Kier alpha value is -3.68. The number of carbonyl (C=O) groups is 2. The molecule has 3 aromatic carbocycles. The van der Waals surface area contributed by atoms with Gasteiger partial charge in [0.05, 0.1) is 25.4 Å². The maximum atomic E-state index is 14.7. The Morgan fingerprint density at radius 2 is 1.79 bits per heavy atom. The Bertz CT molecular complexity index is 1500. The summed E-state index contributed by atoms with van der Waals surface area (Å²) in [6, 6.07) is 24.1. The molecule has 1 N–H and O–H groups in total. The number of piperidine rings is 1. The van der Waals surface area contributed by atoms with E-state index in [0.29, 0.717) is 19.4 Å². The van der Waals surface area contributed by atoms with E-state index in [1.807, 2.05) is 70.5 Å². The van der Waals surface area contributed by atoms with Crippen molar-refractivity contribution >= 4 is 23.2 Å². The maximum absolute atomic E-state index is 14.7. The minimum absolute atomic E-state index is 0.0236. The van der Waals surface area contributed by atoms with Crippen LogP contribution in [-0.4, -0.2) is 43.3 Å². The Kier molecular flexibility index (Phi) is 7.82. The summed E-state index contributed by atoms with van der Waals surface area (Å²) >= 11 is 0. The Balaban J connectivity index is 1.36. The molecule has 0 radical (unpaired) electrons. The zero-order valence-electron chi connectivity index (χ0n) is 25.6. The molecular weight excluding hydrogens is 540 g/mol. The first-order chi connectivity index (χ1) is 20.7. The third kappa shape index (κ3) is 4.83. The number of aliphatic hydroxyl groups is 1. The third-order valence-corrected chi connectivity index (χ3v) is 10.0. The second-order valence-corrected chi connectivity index (χ2v) is 12.7. The van der Waals surface area contributed by atoms with Gasteiger partial charge in [-0.2, -0.15) is 0 Å². The van der Waals surface area contributed by atoms with Crippen LogP contribution in [0.1, 0.15) is 63.1 Å². The van der Waals surface area contributed by atoms with Crippen molar-refractivity contribution in [1.29, 1.82) is 0 Å². The van der Waals surface area contributed by atoms with Gasteiger partial charge < -0.3 is 24.4 Å². The Labute approximate surface area is 254 Å². The Morgan fingerprint density at radius 1 is 1.02 bits per heavy atom. The number of aliphatic hydroxyl groups excluding tert-OH is 1. The highest BCUT2D eigenvalue weighted by atomic mass is 16.5. The van der Waals surface area contributed by atoms with Crippen molar-refractivity contribution in [2.45, 2.75) is 70.1 Å². The second kappa shape index (κ2) is 11.4. The van der Waals surface area contributed by atoms with Crippen LogP contribution in [0, 0.1) is 11.8 Å². The van der Waals surface area contributed by atoms with Crippen molar-refractivity contribution in [3.8, 4) is 5.75 Å². The van der Waals surface area contributed by atoms with Crippen LogP contribution in [0.4, 0.5) is 11.4 Å². The van der Waals surface area contributed by atoms with E-state index in [2.05, 4.69) is 32.9 Å². The average Bonchev–Trinajstić information content (AvgIpc) is 3.44. The van der Waals surface area contributed by atoms with Crippen LogP contribution in [0.25, 0.3) is 0 Å². The summed E-state index contributed by atoms with van der Waals surface area (Å²) in [6.45, 7) is 7.62. The molecule has 1 spiro atoms. The van der Waals surface area contributed by atoms with E-state index in [9.17, 15) is 14.7 Å². The molecule has 4 atom stereocenters. The number of para-hydroxylation sites is 1. The predicted molar refractivity (Wildman–Crippen MR) is 167 cm³/mol. The first kappa shape index (κ1) is 29.4. The average molecular weight is 583 g/mol. The highest BCUT2D eigenvalue weighted by Gasteiger charge is 2.65. The van der Waals surface area contributed by atoms with Crippen LogP contribution in [0.3, 0.4) is 0 Å². The first-order valence-corrected chi connectivity index (χ1v) is 15.5. The molecule has 0 aromatic heterocycles. The van der Waals surface area contributed by atoms with E-state index < -0.39 is 5.60 Å². The molecule has 2 saturated heterocycles. The quantitative estimate of drug-likeness (QED) is 0.354. The van der Waals surface area contributed by atoms with Gasteiger partial charge >= 0.3 is 0 Å². The lowest BCUT2D eigenvalue weighted by Gasteiger charge is -2.38. The van der Waals surface area contributed by atoms with Crippen molar-refractivity contribution in [2.75, 3.05) is 30.1 Å². The van der Waals surface area contributed by atoms with Crippen molar-refractivity contribution in [1.82, 2.24) is 0 Å². The SMILES string of the molecule is COc1ccc(C(C)(C)[C@@H]2[C@@H](CCO)O[C@]3(C(=O)N(Cc4cccc(N5CCCCC5=O)c4)c4ccccc43)[C@H]2C)cc1. The van der Waals surface area contributed by atoms with E-state index in [4.69, 9.17) is 9.47 Å². The van der Waals surface area contributed by atoms with Gasteiger partial charge in [-0.25, -0.2) is 0 Å². The molecule has 2 fully saturated rings. The van der Waals surface area contributed by atoms with Crippen LogP contribution in [0.2, 0.25) is 0 Å². The minimum Gasteiger partial charge on any atom is -0.497 e. The molecule has 3 aliphatic rings. The summed E-state index contributed by atoms with van der Waals surface area (Å²) in [5, 5.41) is 10.1. The molecule has 226 valence electrons. The van der Waals surface area contributed by atoms with Crippen LogP contribution in [-0.2, 0) is 31.9 Å². The molecule has 3 aromatic rings. The number of rotatable bonds is 8. The Morgan fingerprint density at radius 3 is 2.51 bits per heavy atom. The lowest BCUT2D eigenvalue weighted by Crippen LogP contribution is -2.45. The van der Waals surface area contributed by atoms with Gasteiger partial charge in [0.25, 0.3) is 5.91 Å². The fourth-order valence-corrected chi connectivity index (χ4v) is 7.91. The molecule has 0 saturated carbocycles. The number of amides is 2.